The molecule has 1 amide bonds. The van der Waals surface area contributed by atoms with Crippen molar-refractivity contribution < 1.29 is 13.9 Å². The second kappa shape index (κ2) is 5.38. The van der Waals surface area contributed by atoms with Gasteiger partial charge in [-0.05, 0) is 23.3 Å². The van der Waals surface area contributed by atoms with Crippen molar-refractivity contribution in [3.8, 4) is 11.1 Å². The minimum absolute atomic E-state index is 0.180. The molecule has 2 aromatic heterocycles. The Morgan fingerprint density at radius 2 is 2.17 bits per heavy atom. The zero-order chi connectivity index (χ0) is 16.8. The zero-order valence-electron chi connectivity index (χ0n) is 12.9. The molecule has 0 fully saturated rings. The maximum atomic E-state index is 14.6. The summed E-state index contributed by atoms with van der Waals surface area (Å²) >= 11 is 0. The van der Waals surface area contributed by atoms with Crippen LogP contribution in [0.5, 0.6) is 0 Å². The molecule has 1 aliphatic heterocycles. The number of rotatable bonds is 2. The number of pyridine rings is 1. The lowest BCUT2D eigenvalue weighted by Crippen LogP contribution is -2.21. The summed E-state index contributed by atoms with van der Waals surface area (Å²) in [5.74, 6) is -0.990. The van der Waals surface area contributed by atoms with E-state index in [4.69, 9.17) is 10.5 Å². The lowest BCUT2D eigenvalue weighted by Gasteiger charge is -2.21. The molecule has 1 aromatic carbocycles. The third-order valence-corrected chi connectivity index (χ3v) is 4.24. The highest BCUT2D eigenvalue weighted by molar-refractivity contribution is 5.94. The summed E-state index contributed by atoms with van der Waals surface area (Å²) in [5, 5.41) is 4.86. The first-order valence-electron chi connectivity index (χ1n) is 7.40. The van der Waals surface area contributed by atoms with Crippen LogP contribution in [0.3, 0.4) is 0 Å². The van der Waals surface area contributed by atoms with E-state index in [1.807, 2.05) is 0 Å². The number of benzene rings is 1. The van der Waals surface area contributed by atoms with E-state index in [9.17, 15) is 9.18 Å². The highest BCUT2D eigenvalue weighted by atomic mass is 19.1. The van der Waals surface area contributed by atoms with Crippen LogP contribution in [0.1, 0.15) is 21.6 Å². The first-order valence-corrected chi connectivity index (χ1v) is 7.40. The maximum absolute atomic E-state index is 14.6. The van der Waals surface area contributed by atoms with E-state index in [0.29, 0.717) is 28.9 Å². The fourth-order valence-electron chi connectivity index (χ4n) is 3.05. The molecule has 0 aliphatic carbocycles. The summed E-state index contributed by atoms with van der Waals surface area (Å²) in [4.78, 5) is 15.7. The van der Waals surface area contributed by atoms with Gasteiger partial charge in [-0.25, -0.2) is 4.39 Å². The van der Waals surface area contributed by atoms with Crippen LogP contribution in [-0.4, -0.2) is 27.3 Å². The van der Waals surface area contributed by atoms with E-state index in [0.717, 1.165) is 10.9 Å². The van der Waals surface area contributed by atoms with Crippen molar-refractivity contribution in [1.29, 1.82) is 0 Å². The zero-order valence-corrected chi connectivity index (χ0v) is 12.9. The Hall–Kier alpha value is -2.80. The molecule has 2 N–H and O–H groups in total. The van der Waals surface area contributed by atoms with E-state index in [-0.39, 0.29) is 18.1 Å². The van der Waals surface area contributed by atoms with Crippen LogP contribution in [0.25, 0.3) is 22.0 Å². The van der Waals surface area contributed by atoms with Crippen LogP contribution in [0.15, 0.2) is 24.5 Å². The fourth-order valence-corrected chi connectivity index (χ4v) is 3.05. The minimum Gasteiger partial charge on any atom is -0.376 e. The van der Waals surface area contributed by atoms with Crippen molar-refractivity contribution in [3.05, 3.63) is 53.6 Å². The molecule has 3 heterocycles. The third kappa shape index (κ3) is 2.16. The predicted octanol–water partition coefficient (Wildman–Crippen LogP) is 1.96. The molecule has 121 valence electrons. The second-order valence-corrected chi connectivity index (χ2v) is 5.66. The van der Waals surface area contributed by atoms with Crippen LogP contribution >= 0.6 is 0 Å². The number of hydrogen-bond acceptors (Lipinski definition) is 4. The van der Waals surface area contributed by atoms with E-state index in [1.54, 1.807) is 30.4 Å². The summed E-state index contributed by atoms with van der Waals surface area (Å²) in [6.07, 6.45) is 4.83. The van der Waals surface area contributed by atoms with E-state index >= 15 is 0 Å². The lowest BCUT2D eigenvalue weighted by molar-refractivity contribution is 0.0991. The SMILES string of the molecule is Cn1ncc2cc(F)c(-c3cnc(C(N)=O)c4c3COC[CH]4)cc21. The van der Waals surface area contributed by atoms with Gasteiger partial charge in [-0.1, -0.05) is 0 Å². The predicted molar refractivity (Wildman–Crippen MR) is 85.5 cm³/mol. The van der Waals surface area contributed by atoms with Crippen molar-refractivity contribution in [3.63, 3.8) is 0 Å². The fraction of sp³-hybridized carbons (Fsp3) is 0.176. The molecule has 1 radical (unpaired) electrons. The van der Waals surface area contributed by atoms with Gasteiger partial charge in [0.2, 0.25) is 0 Å². The monoisotopic (exact) mass is 325 g/mol. The maximum Gasteiger partial charge on any atom is 0.267 e. The Morgan fingerprint density at radius 3 is 2.96 bits per heavy atom. The molecule has 1 aliphatic rings. The van der Waals surface area contributed by atoms with Gasteiger partial charge in [-0.15, -0.1) is 0 Å². The highest BCUT2D eigenvalue weighted by Crippen LogP contribution is 2.34. The Bertz CT molecular complexity index is 980. The number of aryl methyl sites for hydroxylation is 1. The number of fused-ring (bicyclic) bond motifs is 2. The van der Waals surface area contributed by atoms with Gasteiger partial charge in [0.25, 0.3) is 5.91 Å². The number of nitrogens with two attached hydrogens (primary N) is 1. The minimum atomic E-state index is -0.612. The van der Waals surface area contributed by atoms with E-state index < -0.39 is 5.91 Å². The number of carbonyl (C=O) groups excluding carboxylic acids is 1. The van der Waals surface area contributed by atoms with Gasteiger partial charge in [0.15, 0.2) is 0 Å². The van der Waals surface area contributed by atoms with Gasteiger partial charge >= 0.3 is 0 Å². The average molecular weight is 325 g/mol. The van der Waals surface area contributed by atoms with Crippen LogP contribution in [-0.2, 0) is 18.4 Å². The molecule has 3 aromatic rings. The normalized spacial score (nSPS) is 13.9. The van der Waals surface area contributed by atoms with Gasteiger partial charge in [-0.2, -0.15) is 5.10 Å². The van der Waals surface area contributed by atoms with Crippen molar-refractivity contribution in [2.24, 2.45) is 12.8 Å². The standard InChI is InChI=1S/C17H14FN4O2/c1-22-15-5-11(14(18)4-9(15)6-21-22)12-7-20-16(17(19)23)10-2-3-24-8-13(10)12/h2,4-7H,3,8H2,1H3,(H2,19,23). The molecular weight excluding hydrogens is 311 g/mol. The van der Waals surface area contributed by atoms with Gasteiger partial charge in [0.05, 0.1) is 24.9 Å². The number of ether oxygens (including phenoxy) is 1. The topological polar surface area (TPSA) is 83.0 Å². The van der Waals surface area contributed by atoms with Crippen molar-refractivity contribution in [2.75, 3.05) is 6.61 Å². The van der Waals surface area contributed by atoms with E-state index in [1.165, 1.54) is 12.3 Å². The molecule has 0 bridgehead atoms. The molecule has 6 nitrogen and oxygen atoms in total. The Labute approximate surface area is 137 Å². The van der Waals surface area contributed by atoms with Gasteiger partial charge in [0.1, 0.15) is 11.5 Å². The summed E-state index contributed by atoms with van der Waals surface area (Å²) in [6.45, 7) is 0.633. The first-order chi connectivity index (χ1) is 11.6. The van der Waals surface area contributed by atoms with Crippen molar-refractivity contribution in [2.45, 2.75) is 6.61 Å². The largest absolute Gasteiger partial charge is 0.376 e. The summed E-state index contributed by atoms with van der Waals surface area (Å²) in [5.41, 5.74) is 8.69. The van der Waals surface area contributed by atoms with Gasteiger partial charge < -0.3 is 10.5 Å². The number of amides is 1. The summed E-state index contributed by atoms with van der Waals surface area (Å²) < 4.78 is 21.8. The molecule has 0 saturated carbocycles. The number of aromatic nitrogens is 3. The Morgan fingerprint density at radius 1 is 1.33 bits per heavy atom. The van der Waals surface area contributed by atoms with Crippen LogP contribution < -0.4 is 5.73 Å². The average Bonchev–Trinajstić information content (AvgIpc) is 2.93. The third-order valence-electron chi connectivity index (χ3n) is 4.24. The second-order valence-electron chi connectivity index (χ2n) is 5.66. The number of primary amides is 1. The molecular formula is C17H14FN4O2. The van der Waals surface area contributed by atoms with Crippen LogP contribution in [0, 0.1) is 12.2 Å². The quantitative estimate of drug-likeness (QED) is 0.781. The van der Waals surface area contributed by atoms with Crippen LogP contribution in [0.2, 0.25) is 0 Å². The number of halogens is 1. The molecule has 7 heteroatoms. The molecule has 24 heavy (non-hydrogen) atoms. The number of hydrogen-bond donors (Lipinski definition) is 1. The lowest BCUT2D eigenvalue weighted by atomic mass is 9.92. The van der Waals surface area contributed by atoms with Crippen LogP contribution in [0.4, 0.5) is 4.39 Å². The number of nitrogens with zero attached hydrogens (tertiary/aromatic N) is 3. The number of carbonyl (C=O) groups is 1. The highest BCUT2D eigenvalue weighted by Gasteiger charge is 2.23. The Kier molecular flexibility index (Phi) is 3.31. The molecule has 0 saturated heterocycles. The summed E-state index contributed by atoms with van der Waals surface area (Å²) in [7, 11) is 1.80. The van der Waals surface area contributed by atoms with Gasteiger partial charge in [-0.3, -0.25) is 14.5 Å². The molecule has 0 atom stereocenters. The van der Waals surface area contributed by atoms with Crippen molar-refractivity contribution in [1.82, 2.24) is 14.8 Å². The summed E-state index contributed by atoms with van der Waals surface area (Å²) in [6, 6.07) is 3.17. The molecule has 0 unspecified atom stereocenters. The Balaban J connectivity index is 1.98. The molecule has 0 spiro atoms. The smallest absolute Gasteiger partial charge is 0.267 e. The first kappa shape index (κ1) is 14.8. The molecule has 4 rings (SSSR count). The van der Waals surface area contributed by atoms with E-state index in [2.05, 4.69) is 10.1 Å². The van der Waals surface area contributed by atoms with Gasteiger partial charge in [0, 0.05) is 36.2 Å². The van der Waals surface area contributed by atoms with Crippen molar-refractivity contribution >= 4 is 16.8 Å².